The van der Waals surface area contributed by atoms with E-state index >= 15 is 0 Å². The molecule has 0 aliphatic carbocycles. The monoisotopic (exact) mass is 412 g/mol. The van der Waals surface area contributed by atoms with Crippen LogP contribution in [-0.2, 0) is 16.6 Å². The summed E-state index contributed by atoms with van der Waals surface area (Å²) >= 11 is 0. The number of rotatable bonds is 7. The van der Waals surface area contributed by atoms with E-state index in [9.17, 15) is 8.42 Å². The molecule has 3 aromatic rings. The summed E-state index contributed by atoms with van der Waals surface area (Å²) in [5, 5.41) is 4.15. The predicted octanol–water partition coefficient (Wildman–Crippen LogP) is 5.11. The van der Waals surface area contributed by atoms with Gasteiger partial charge in [-0.25, -0.2) is 8.42 Å². The molecule has 29 heavy (non-hydrogen) atoms. The van der Waals surface area contributed by atoms with Crippen LogP contribution < -0.4 is 0 Å². The Morgan fingerprint density at radius 2 is 1.62 bits per heavy atom. The number of hydrogen-bond donors (Lipinski definition) is 0. The Hall–Kier alpha value is -2.44. The minimum absolute atomic E-state index is 0.169. The number of aryl methyl sites for hydroxylation is 3. The number of hydrogen-bond acceptors (Lipinski definition) is 4. The van der Waals surface area contributed by atoms with Crippen molar-refractivity contribution in [1.82, 2.24) is 9.46 Å². The van der Waals surface area contributed by atoms with Gasteiger partial charge in [0.1, 0.15) is 0 Å². The van der Waals surface area contributed by atoms with Gasteiger partial charge in [0.05, 0.1) is 17.1 Å². The number of nitrogens with zero attached hydrogens (tertiary/aromatic N) is 2. The van der Waals surface area contributed by atoms with Gasteiger partial charge in [-0.1, -0.05) is 54.4 Å². The topological polar surface area (TPSA) is 63.4 Å². The number of benzene rings is 2. The van der Waals surface area contributed by atoms with Crippen molar-refractivity contribution in [3.63, 3.8) is 0 Å². The molecule has 0 atom stereocenters. The maximum Gasteiger partial charge on any atom is 0.243 e. The molecule has 3 rings (SSSR count). The Morgan fingerprint density at radius 1 is 0.966 bits per heavy atom. The maximum atomic E-state index is 13.2. The fourth-order valence-electron chi connectivity index (χ4n) is 3.21. The maximum absolute atomic E-state index is 13.2. The van der Waals surface area contributed by atoms with Gasteiger partial charge in [0, 0.05) is 18.2 Å². The van der Waals surface area contributed by atoms with Crippen LogP contribution in [0.5, 0.6) is 0 Å². The van der Waals surface area contributed by atoms with Crippen molar-refractivity contribution in [2.24, 2.45) is 5.92 Å². The van der Waals surface area contributed by atoms with Gasteiger partial charge >= 0.3 is 0 Å². The molecule has 5 nitrogen and oxygen atoms in total. The molecule has 0 bridgehead atoms. The highest BCUT2D eigenvalue weighted by molar-refractivity contribution is 7.89. The van der Waals surface area contributed by atoms with Crippen LogP contribution in [0.4, 0.5) is 0 Å². The smallest absolute Gasteiger partial charge is 0.243 e. The van der Waals surface area contributed by atoms with Gasteiger partial charge < -0.3 is 4.52 Å². The summed E-state index contributed by atoms with van der Waals surface area (Å²) < 4.78 is 33.5. The van der Waals surface area contributed by atoms with Crippen LogP contribution >= 0.6 is 0 Å². The SMILES string of the molecule is Cc1ccc(S(=O)(=O)N(Cc2cc(-c3cc(C)ccc3C)on2)CC(C)C)cc1. The molecule has 2 aromatic carbocycles. The lowest BCUT2D eigenvalue weighted by atomic mass is 10.0. The number of sulfonamides is 1. The van der Waals surface area contributed by atoms with Gasteiger partial charge in [0.2, 0.25) is 10.0 Å². The molecule has 0 saturated carbocycles. The van der Waals surface area contributed by atoms with Crippen molar-refractivity contribution < 1.29 is 12.9 Å². The number of aromatic nitrogens is 1. The molecular formula is C23H28N2O3S. The third-order valence-corrected chi connectivity index (χ3v) is 6.61. The molecule has 0 N–H and O–H groups in total. The summed E-state index contributed by atoms with van der Waals surface area (Å²) in [6.07, 6.45) is 0. The molecular weight excluding hydrogens is 384 g/mol. The minimum Gasteiger partial charge on any atom is -0.356 e. The zero-order chi connectivity index (χ0) is 21.2. The minimum atomic E-state index is -3.63. The second-order valence-electron chi connectivity index (χ2n) is 8.01. The van der Waals surface area contributed by atoms with Gasteiger partial charge in [-0.2, -0.15) is 4.31 Å². The van der Waals surface area contributed by atoms with E-state index in [1.165, 1.54) is 4.31 Å². The third kappa shape index (κ3) is 4.95. The van der Waals surface area contributed by atoms with Crippen LogP contribution in [0.3, 0.4) is 0 Å². The van der Waals surface area contributed by atoms with E-state index in [1.807, 2.05) is 58.9 Å². The van der Waals surface area contributed by atoms with E-state index in [2.05, 4.69) is 17.3 Å². The Balaban J connectivity index is 1.91. The van der Waals surface area contributed by atoms with Crippen molar-refractivity contribution in [3.8, 4) is 11.3 Å². The van der Waals surface area contributed by atoms with E-state index < -0.39 is 10.0 Å². The first kappa shape index (κ1) is 21.3. The van der Waals surface area contributed by atoms with Gasteiger partial charge in [-0.05, 0) is 50.5 Å². The molecule has 0 unspecified atom stereocenters. The van der Waals surface area contributed by atoms with Crippen molar-refractivity contribution >= 4 is 10.0 Å². The molecule has 0 fully saturated rings. The Kier molecular flexibility index (Phi) is 6.24. The first-order valence-corrected chi connectivity index (χ1v) is 11.2. The lowest BCUT2D eigenvalue weighted by molar-refractivity contribution is 0.345. The van der Waals surface area contributed by atoms with Crippen LogP contribution in [0.1, 0.15) is 36.2 Å². The zero-order valence-corrected chi connectivity index (χ0v) is 18.5. The van der Waals surface area contributed by atoms with Gasteiger partial charge in [0.15, 0.2) is 5.76 Å². The zero-order valence-electron chi connectivity index (χ0n) is 17.6. The quantitative estimate of drug-likeness (QED) is 0.541. The summed E-state index contributed by atoms with van der Waals surface area (Å²) in [4.78, 5) is 0.294. The van der Waals surface area contributed by atoms with E-state index in [0.717, 1.165) is 22.3 Å². The van der Waals surface area contributed by atoms with E-state index in [-0.39, 0.29) is 12.5 Å². The fraction of sp³-hybridized carbons (Fsp3) is 0.348. The largest absolute Gasteiger partial charge is 0.356 e. The molecule has 0 amide bonds. The van der Waals surface area contributed by atoms with Gasteiger partial charge in [0.25, 0.3) is 0 Å². The summed E-state index contributed by atoms with van der Waals surface area (Å²) in [6, 6.07) is 14.9. The normalized spacial score (nSPS) is 12.1. The highest BCUT2D eigenvalue weighted by Crippen LogP contribution is 2.27. The molecule has 6 heteroatoms. The fourth-order valence-corrected chi connectivity index (χ4v) is 4.78. The molecule has 0 saturated heterocycles. The molecule has 0 aliphatic rings. The summed E-state index contributed by atoms with van der Waals surface area (Å²) in [6.45, 7) is 10.6. The second-order valence-corrected chi connectivity index (χ2v) is 9.94. The van der Waals surface area contributed by atoms with Crippen molar-refractivity contribution in [2.45, 2.75) is 46.1 Å². The molecule has 154 valence electrons. The summed E-state index contributed by atoms with van der Waals surface area (Å²) in [7, 11) is -3.63. The summed E-state index contributed by atoms with van der Waals surface area (Å²) in [5.74, 6) is 0.832. The first-order valence-electron chi connectivity index (χ1n) is 9.77. The second kappa shape index (κ2) is 8.51. The van der Waals surface area contributed by atoms with E-state index in [1.54, 1.807) is 12.1 Å². The summed E-state index contributed by atoms with van der Waals surface area (Å²) in [5.41, 5.74) is 4.81. The highest BCUT2D eigenvalue weighted by atomic mass is 32.2. The van der Waals surface area contributed by atoms with Crippen LogP contribution in [0.25, 0.3) is 11.3 Å². The van der Waals surface area contributed by atoms with Crippen LogP contribution in [0, 0.1) is 26.7 Å². The molecule has 1 heterocycles. The predicted molar refractivity (Wildman–Crippen MR) is 115 cm³/mol. The van der Waals surface area contributed by atoms with Crippen molar-refractivity contribution in [2.75, 3.05) is 6.54 Å². The van der Waals surface area contributed by atoms with Gasteiger partial charge in [-0.15, -0.1) is 0 Å². The standard InChI is InChI=1S/C23H28N2O3S/c1-16(2)14-25(29(26,27)21-10-7-17(3)8-11-21)15-20-13-23(28-24-20)22-12-18(4)6-9-19(22)5/h6-13,16H,14-15H2,1-5H3. The molecule has 0 aliphatic heterocycles. The van der Waals surface area contributed by atoms with Gasteiger partial charge in [-0.3, -0.25) is 0 Å². The Bertz CT molecular complexity index is 1080. The molecule has 0 spiro atoms. The lowest BCUT2D eigenvalue weighted by Crippen LogP contribution is -2.34. The van der Waals surface area contributed by atoms with Crippen LogP contribution in [0.15, 0.2) is 57.9 Å². The Morgan fingerprint density at radius 3 is 2.28 bits per heavy atom. The van der Waals surface area contributed by atoms with E-state index in [4.69, 9.17) is 4.52 Å². The Labute approximate surface area is 173 Å². The average Bonchev–Trinajstić information content (AvgIpc) is 3.11. The first-order chi connectivity index (χ1) is 13.7. The molecule has 0 radical (unpaired) electrons. The third-order valence-electron chi connectivity index (χ3n) is 4.78. The average molecular weight is 413 g/mol. The lowest BCUT2D eigenvalue weighted by Gasteiger charge is -2.23. The molecule has 1 aromatic heterocycles. The van der Waals surface area contributed by atoms with Crippen LogP contribution in [0.2, 0.25) is 0 Å². The van der Waals surface area contributed by atoms with Crippen molar-refractivity contribution in [1.29, 1.82) is 0 Å². The highest BCUT2D eigenvalue weighted by Gasteiger charge is 2.26. The van der Waals surface area contributed by atoms with Crippen molar-refractivity contribution in [3.05, 3.63) is 70.9 Å². The van der Waals surface area contributed by atoms with E-state index in [0.29, 0.717) is 22.9 Å². The van der Waals surface area contributed by atoms with Crippen LogP contribution in [-0.4, -0.2) is 24.4 Å².